The van der Waals surface area contributed by atoms with Crippen LogP contribution in [0.5, 0.6) is 0 Å². The van der Waals surface area contributed by atoms with Crippen molar-refractivity contribution in [1.82, 2.24) is 5.16 Å². The van der Waals surface area contributed by atoms with Gasteiger partial charge in [0.05, 0.1) is 12.2 Å². The number of rotatable bonds is 2. The van der Waals surface area contributed by atoms with Gasteiger partial charge in [0.2, 0.25) is 0 Å². The van der Waals surface area contributed by atoms with Gasteiger partial charge < -0.3 is 9.63 Å². The zero-order valence-electron chi connectivity index (χ0n) is 7.58. The molecule has 0 aliphatic carbocycles. The quantitative estimate of drug-likeness (QED) is 0.914. The van der Waals surface area contributed by atoms with Gasteiger partial charge in [-0.15, -0.1) is 0 Å². The zero-order valence-corrected chi connectivity index (χ0v) is 9.16. The van der Waals surface area contributed by atoms with Crippen LogP contribution < -0.4 is 0 Å². The first-order valence-corrected chi connectivity index (χ1v) is 5.02. The summed E-state index contributed by atoms with van der Waals surface area (Å²) in [6, 6.07) is 5.93. The molecule has 5 heteroatoms. The van der Waals surface area contributed by atoms with Crippen molar-refractivity contribution < 1.29 is 14.0 Å². The SMILES string of the molecule is OCc1c(Br)noc1-c1cccc(F)c1. The highest BCUT2D eigenvalue weighted by Crippen LogP contribution is 2.29. The van der Waals surface area contributed by atoms with Crippen molar-refractivity contribution in [2.24, 2.45) is 0 Å². The van der Waals surface area contributed by atoms with E-state index in [0.29, 0.717) is 21.5 Å². The highest BCUT2D eigenvalue weighted by Gasteiger charge is 2.15. The molecule has 1 N–H and O–H groups in total. The molecular weight excluding hydrogens is 265 g/mol. The lowest BCUT2D eigenvalue weighted by atomic mass is 10.1. The lowest BCUT2D eigenvalue weighted by Gasteiger charge is -1.98. The number of hydrogen-bond donors (Lipinski definition) is 1. The second kappa shape index (κ2) is 4.12. The van der Waals surface area contributed by atoms with Gasteiger partial charge in [-0.2, -0.15) is 0 Å². The lowest BCUT2D eigenvalue weighted by Crippen LogP contribution is -1.86. The van der Waals surface area contributed by atoms with Gasteiger partial charge in [0.25, 0.3) is 0 Å². The Hall–Kier alpha value is -1.20. The fraction of sp³-hybridized carbons (Fsp3) is 0.100. The van der Waals surface area contributed by atoms with Gasteiger partial charge in [-0.1, -0.05) is 17.3 Å². The van der Waals surface area contributed by atoms with Crippen molar-refractivity contribution in [3.05, 3.63) is 40.2 Å². The Kier molecular flexibility index (Phi) is 2.83. The number of halogens is 2. The minimum atomic E-state index is -0.357. The average Bonchev–Trinajstić information content (AvgIpc) is 2.59. The summed E-state index contributed by atoms with van der Waals surface area (Å²) >= 11 is 3.13. The van der Waals surface area contributed by atoms with Crippen LogP contribution in [-0.2, 0) is 6.61 Å². The number of aliphatic hydroxyl groups is 1. The molecule has 0 amide bonds. The Bertz CT molecular complexity index is 484. The third-order valence-electron chi connectivity index (χ3n) is 1.99. The van der Waals surface area contributed by atoms with Crippen LogP contribution in [0.15, 0.2) is 33.4 Å². The minimum absolute atomic E-state index is 0.212. The van der Waals surface area contributed by atoms with Gasteiger partial charge in [0.15, 0.2) is 10.4 Å². The molecule has 2 rings (SSSR count). The summed E-state index contributed by atoms with van der Waals surface area (Å²) in [7, 11) is 0. The molecule has 1 heterocycles. The molecule has 1 aromatic heterocycles. The van der Waals surface area contributed by atoms with E-state index in [1.807, 2.05) is 0 Å². The number of hydrogen-bond acceptors (Lipinski definition) is 3. The molecule has 0 saturated heterocycles. The maximum atomic E-state index is 13.0. The molecule has 2 aromatic rings. The van der Waals surface area contributed by atoms with E-state index in [2.05, 4.69) is 21.1 Å². The molecule has 15 heavy (non-hydrogen) atoms. The van der Waals surface area contributed by atoms with Crippen molar-refractivity contribution in [2.75, 3.05) is 0 Å². The molecule has 0 aliphatic heterocycles. The number of nitrogens with zero attached hydrogens (tertiary/aromatic N) is 1. The average molecular weight is 272 g/mol. The smallest absolute Gasteiger partial charge is 0.173 e. The van der Waals surface area contributed by atoms with Gasteiger partial charge in [-0.3, -0.25) is 0 Å². The fourth-order valence-electron chi connectivity index (χ4n) is 1.28. The summed E-state index contributed by atoms with van der Waals surface area (Å²) in [5.41, 5.74) is 1.07. The summed E-state index contributed by atoms with van der Waals surface area (Å²) in [5.74, 6) is 0.0211. The monoisotopic (exact) mass is 271 g/mol. The zero-order chi connectivity index (χ0) is 10.8. The van der Waals surface area contributed by atoms with E-state index in [4.69, 9.17) is 9.63 Å². The van der Waals surface area contributed by atoms with Crippen LogP contribution in [0.25, 0.3) is 11.3 Å². The topological polar surface area (TPSA) is 46.3 Å². The first-order valence-electron chi connectivity index (χ1n) is 4.23. The second-order valence-electron chi connectivity index (χ2n) is 2.95. The molecule has 0 saturated carbocycles. The first kappa shape index (κ1) is 10.3. The van der Waals surface area contributed by atoms with E-state index in [1.54, 1.807) is 12.1 Å². The van der Waals surface area contributed by atoms with Gasteiger partial charge in [0, 0.05) is 5.56 Å². The largest absolute Gasteiger partial charge is 0.391 e. The molecule has 3 nitrogen and oxygen atoms in total. The first-order chi connectivity index (χ1) is 7.22. The van der Waals surface area contributed by atoms with Crippen LogP contribution in [0.3, 0.4) is 0 Å². The standard InChI is InChI=1S/C10H7BrFNO2/c11-10-8(5-14)9(15-13-10)6-2-1-3-7(12)4-6/h1-4,14H,5H2. The summed E-state index contributed by atoms with van der Waals surface area (Å²) in [6.07, 6.45) is 0. The Morgan fingerprint density at radius 3 is 2.93 bits per heavy atom. The summed E-state index contributed by atoms with van der Waals surface area (Å²) in [5, 5.41) is 12.7. The number of benzene rings is 1. The van der Waals surface area contributed by atoms with E-state index >= 15 is 0 Å². The van der Waals surface area contributed by atoms with E-state index in [0.717, 1.165) is 0 Å². The second-order valence-corrected chi connectivity index (χ2v) is 3.70. The van der Waals surface area contributed by atoms with Crippen LogP contribution >= 0.6 is 15.9 Å². The van der Waals surface area contributed by atoms with Crippen LogP contribution in [-0.4, -0.2) is 10.3 Å². The fourth-order valence-corrected chi connectivity index (χ4v) is 1.66. The van der Waals surface area contributed by atoms with Crippen molar-refractivity contribution in [3.63, 3.8) is 0 Å². The normalized spacial score (nSPS) is 10.6. The van der Waals surface area contributed by atoms with Gasteiger partial charge in [-0.05, 0) is 28.1 Å². The van der Waals surface area contributed by atoms with Crippen molar-refractivity contribution >= 4 is 15.9 Å². The molecule has 0 bridgehead atoms. The van der Waals surface area contributed by atoms with Crippen molar-refractivity contribution in [3.8, 4) is 11.3 Å². The van der Waals surface area contributed by atoms with Gasteiger partial charge in [-0.25, -0.2) is 4.39 Å². The molecular formula is C10H7BrFNO2. The van der Waals surface area contributed by atoms with Crippen molar-refractivity contribution in [1.29, 1.82) is 0 Å². The predicted octanol–water partition coefficient (Wildman–Crippen LogP) is 2.74. The summed E-state index contributed by atoms with van der Waals surface area (Å²) in [4.78, 5) is 0. The molecule has 0 atom stereocenters. The van der Waals surface area contributed by atoms with Crippen LogP contribution in [0.4, 0.5) is 4.39 Å². The number of aliphatic hydroxyl groups excluding tert-OH is 1. The molecule has 0 aliphatic rings. The summed E-state index contributed by atoms with van der Waals surface area (Å²) in [6.45, 7) is -0.212. The van der Waals surface area contributed by atoms with Crippen LogP contribution in [0, 0.1) is 5.82 Å². The third-order valence-corrected chi connectivity index (χ3v) is 2.61. The Morgan fingerprint density at radius 2 is 2.27 bits per heavy atom. The highest BCUT2D eigenvalue weighted by molar-refractivity contribution is 9.10. The maximum absolute atomic E-state index is 13.0. The molecule has 0 spiro atoms. The van der Waals surface area contributed by atoms with E-state index < -0.39 is 0 Å². The third kappa shape index (κ3) is 1.93. The molecule has 1 aromatic carbocycles. The van der Waals surface area contributed by atoms with E-state index in [9.17, 15) is 4.39 Å². The Morgan fingerprint density at radius 1 is 1.47 bits per heavy atom. The van der Waals surface area contributed by atoms with Crippen LogP contribution in [0.1, 0.15) is 5.56 Å². The Labute approximate surface area is 93.6 Å². The predicted molar refractivity (Wildman–Crippen MR) is 55.5 cm³/mol. The molecule has 0 radical (unpaired) electrons. The van der Waals surface area contributed by atoms with E-state index in [1.165, 1.54) is 12.1 Å². The van der Waals surface area contributed by atoms with E-state index in [-0.39, 0.29) is 12.4 Å². The summed E-state index contributed by atoms with van der Waals surface area (Å²) < 4.78 is 18.4. The number of aromatic nitrogens is 1. The molecule has 0 fully saturated rings. The lowest BCUT2D eigenvalue weighted by molar-refractivity contribution is 0.281. The highest BCUT2D eigenvalue weighted by atomic mass is 79.9. The van der Waals surface area contributed by atoms with Gasteiger partial charge in [0.1, 0.15) is 5.82 Å². The van der Waals surface area contributed by atoms with Crippen LogP contribution in [0.2, 0.25) is 0 Å². The Balaban J connectivity index is 2.54. The minimum Gasteiger partial charge on any atom is -0.391 e. The molecule has 0 unspecified atom stereocenters. The van der Waals surface area contributed by atoms with Gasteiger partial charge >= 0.3 is 0 Å². The molecule has 78 valence electrons. The maximum Gasteiger partial charge on any atom is 0.173 e. The van der Waals surface area contributed by atoms with Crippen molar-refractivity contribution in [2.45, 2.75) is 6.61 Å².